The fraction of sp³-hybridized carbons (Fsp3) is 0.533. The van der Waals surface area contributed by atoms with Gasteiger partial charge in [-0.2, -0.15) is 24.9 Å². The number of anilines is 2. The van der Waals surface area contributed by atoms with E-state index in [9.17, 15) is 37.8 Å². The monoisotopic (exact) mass is 696 g/mol. The van der Waals surface area contributed by atoms with Gasteiger partial charge in [-0.05, 0) is 30.5 Å². The lowest BCUT2D eigenvalue weighted by atomic mass is 10.1. The summed E-state index contributed by atoms with van der Waals surface area (Å²) in [6, 6.07) is 7.40. The quantitative estimate of drug-likeness (QED) is 0.114. The summed E-state index contributed by atoms with van der Waals surface area (Å²) in [4.78, 5) is 47.4. The minimum atomic E-state index is -4.90. The molecule has 3 aromatic rings. The molecular weight excluding hydrogens is 657 g/mol. The number of nitrogens with one attached hydrogen (secondary N) is 4. The lowest BCUT2D eigenvalue weighted by Gasteiger charge is -2.16. The fourth-order valence-corrected chi connectivity index (χ4v) is 5.77. The SMILES string of the molecule is CCC(=O)Nc1ccc(CNc2ncnc3c2ncn3[C@@H]2O[C@H](CSCCNC(=O)CCCCCNC(=O)C(F)(F)F)[C@@H](O)[C@H]2O)cc1. The van der Waals surface area contributed by atoms with Gasteiger partial charge in [-0.15, -0.1) is 0 Å². The molecule has 0 aliphatic carbocycles. The van der Waals surface area contributed by atoms with Crippen molar-refractivity contribution >= 4 is 52.2 Å². The highest BCUT2D eigenvalue weighted by molar-refractivity contribution is 7.99. The molecule has 6 N–H and O–H groups in total. The Morgan fingerprint density at radius 3 is 2.48 bits per heavy atom. The lowest BCUT2D eigenvalue weighted by molar-refractivity contribution is -0.173. The third kappa shape index (κ3) is 10.2. The van der Waals surface area contributed by atoms with Crippen LogP contribution >= 0.6 is 11.8 Å². The molecule has 1 aliphatic rings. The second-order valence-corrected chi connectivity index (χ2v) is 12.2. The molecule has 4 rings (SSSR count). The van der Waals surface area contributed by atoms with Crippen molar-refractivity contribution in [3.63, 3.8) is 0 Å². The Labute approximate surface area is 278 Å². The smallest absolute Gasteiger partial charge is 0.387 e. The van der Waals surface area contributed by atoms with Crippen molar-refractivity contribution in [1.82, 2.24) is 30.2 Å². The number of amides is 3. The molecule has 3 amide bonds. The number of thioether (sulfide) groups is 1. The number of rotatable bonds is 17. The maximum absolute atomic E-state index is 12.2. The van der Waals surface area contributed by atoms with E-state index >= 15 is 0 Å². The minimum absolute atomic E-state index is 0.0669. The molecule has 1 fully saturated rings. The van der Waals surface area contributed by atoms with Crippen LogP contribution < -0.4 is 21.3 Å². The number of nitrogens with zero attached hydrogens (tertiary/aromatic N) is 4. The zero-order valence-corrected chi connectivity index (χ0v) is 27.0. The molecule has 1 saturated heterocycles. The maximum Gasteiger partial charge on any atom is 0.471 e. The predicted octanol–water partition coefficient (Wildman–Crippen LogP) is 2.49. The van der Waals surface area contributed by atoms with Gasteiger partial charge in [-0.1, -0.05) is 25.5 Å². The number of unbranched alkanes of at least 4 members (excludes halogenated alkanes) is 2. The number of aliphatic hydroxyl groups excluding tert-OH is 2. The number of fused-ring (bicyclic) bond motifs is 1. The van der Waals surface area contributed by atoms with Crippen LogP contribution in [0.15, 0.2) is 36.9 Å². The number of carbonyl (C=O) groups is 3. The number of hydrogen-bond donors (Lipinski definition) is 6. The molecule has 0 radical (unpaired) electrons. The van der Waals surface area contributed by atoms with Gasteiger partial charge in [0.15, 0.2) is 23.2 Å². The van der Waals surface area contributed by atoms with E-state index in [2.05, 4.69) is 30.9 Å². The number of benzene rings is 1. The van der Waals surface area contributed by atoms with Crippen LogP contribution in [0.2, 0.25) is 0 Å². The summed E-state index contributed by atoms with van der Waals surface area (Å²) in [7, 11) is 0. The van der Waals surface area contributed by atoms with Crippen molar-refractivity contribution < 1.29 is 42.5 Å². The molecule has 18 heteroatoms. The predicted molar refractivity (Wildman–Crippen MR) is 172 cm³/mol. The number of aromatic nitrogens is 4. The van der Waals surface area contributed by atoms with E-state index in [4.69, 9.17) is 4.74 Å². The fourth-order valence-electron chi connectivity index (χ4n) is 4.85. The Morgan fingerprint density at radius 2 is 1.75 bits per heavy atom. The Kier molecular flexibility index (Phi) is 13.4. The summed E-state index contributed by atoms with van der Waals surface area (Å²) in [6.07, 6.45) is -4.20. The number of alkyl halides is 3. The average Bonchev–Trinajstić information content (AvgIpc) is 3.61. The zero-order valence-electron chi connectivity index (χ0n) is 26.2. The summed E-state index contributed by atoms with van der Waals surface area (Å²) in [5, 5.41) is 32.1. The molecule has 2 aromatic heterocycles. The molecule has 1 aliphatic heterocycles. The van der Waals surface area contributed by atoms with Crippen LogP contribution in [0.3, 0.4) is 0 Å². The summed E-state index contributed by atoms with van der Waals surface area (Å²) in [6.45, 7) is 2.46. The van der Waals surface area contributed by atoms with Crippen LogP contribution in [0.1, 0.15) is 50.8 Å². The molecule has 0 bridgehead atoms. The van der Waals surface area contributed by atoms with Gasteiger partial charge < -0.3 is 36.2 Å². The molecular formula is C30H39F3N8O6S. The molecule has 0 spiro atoms. The van der Waals surface area contributed by atoms with E-state index in [0.29, 0.717) is 72.9 Å². The first-order valence-corrected chi connectivity index (χ1v) is 16.6. The normalized spacial score (nSPS) is 19.3. The number of ether oxygens (including phenoxy) is 1. The molecule has 0 saturated carbocycles. The van der Waals surface area contributed by atoms with Crippen molar-refractivity contribution in [1.29, 1.82) is 0 Å². The van der Waals surface area contributed by atoms with Crippen LogP contribution in [-0.2, 0) is 25.7 Å². The van der Waals surface area contributed by atoms with Crippen LogP contribution in [0.25, 0.3) is 11.2 Å². The van der Waals surface area contributed by atoms with E-state index < -0.39 is 36.6 Å². The Hall–Kier alpha value is -4.00. The average molecular weight is 697 g/mol. The molecule has 0 unspecified atom stereocenters. The Balaban J connectivity index is 1.18. The number of carbonyl (C=O) groups excluding carboxylic acids is 3. The van der Waals surface area contributed by atoms with Gasteiger partial charge in [0.2, 0.25) is 11.8 Å². The number of hydrogen-bond acceptors (Lipinski definition) is 11. The van der Waals surface area contributed by atoms with Gasteiger partial charge in [-0.25, -0.2) is 15.0 Å². The van der Waals surface area contributed by atoms with Crippen molar-refractivity contribution in [2.24, 2.45) is 0 Å². The molecule has 4 atom stereocenters. The summed E-state index contributed by atoms with van der Waals surface area (Å²) < 4.78 is 44.0. The summed E-state index contributed by atoms with van der Waals surface area (Å²) >= 11 is 1.43. The van der Waals surface area contributed by atoms with E-state index in [0.717, 1.165) is 5.56 Å². The third-order valence-electron chi connectivity index (χ3n) is 7.46. The number of imidazole rings is 1. The van der Waals surface area contributed by atoms with Gasteiger partial charge in [0.1, 0.15) is 18.5 Å². The zero-order chi connectivity index (χ0) is 34.7. The second kappa shape index (κ2) is 17.4. The lowest BCUT2D eigenvalue weighted by Crippen LogP contribution is -2.37. The second-order valence-electron chi connectivity index (χ2n) is 11.0. The van der Waals surface area contributed by atoms with E-state index in [-0.39, 0.29) is 24.8 Å². The first kappa shape index (κ1) is 36.8. The van der Waals surface area contributed by atoms with Gasteiger partial charge in [0.05, 0.1) is 12.4 Å². The number of aliphatic hydroxyl groups is 2. The topological polar surface area (TPSA) is 193 Å². The molecule has 3 heterocycles. The van der Waals surface area contributed by atoms with Crippen LogP contribution in [-0.4, -0.2) is 96.5 Å². The van der Waals surface area contributed by atoms with Crippen LogP contribution in [0, 0.1) is 0 Å². The first-order chi connectivity index (χ1) is 23.0. The molecule has 48 heavy (non-hydrogen) atoms. The number of halogens is 3. The third-order valence-corrected chi connectivity index (χ3v) is 8.52. The minimum Gasteiger partial charge on any atom is -0.387 e. The largest absolute Gasteiger partial charge is 0.471 e. The van der Waals surface area contributed by atoms with Crippen molar-refractivity contribution in [2.45, 2.75) is 76.3 Å². The summed E-state index contributed by atoms with van der Waals surface area (Å²) in [5.41, 5.74) is 2.51. The molecule has 1 aromatic carbocycles. The Morgan fingerprint density at radius 1 is 0.979 bits per heavy atom. The standard InChI is InChI=1S/C30H39F3N8O6S/c1-2-21(42)40-19-9-7-18(8-10-19)14-36-26-23-27(38-16-37-26)41(17-39-23)28-25(45)24(44)20(47-28)15-48-13-12-34-22(43)6-4-3-5-11-35-29(46)30(31,32)33/h7-10,16-17,20,24-25,28,44-45H,2-6,11-15H2,1H3,(H,34,43)(H,35,46)(H,40,42)(H,36,37,38)/t20-,24-,25-,28-/m1/s1. The van der Waals surface area contributed by atoms with E-state index in [1.807, 2.05) is 24.3 Å². The van der Waals surface area contributed by atoms with Crippen molar-refractivity contribution in [3.05, 3.63) is 42.5 Å². The maximum atomic E-state index is 12.2. The van der Waals surface area contributed by atoms with E-state index in [1.165, 1.54) is 24.4 Å². The van der Waals surface area contributed by atoms with Gasteiger partial charge >= 0.3 is 12.1 Å². The molecule has 14 nitrogen and oxygen atoms in total. The van der Waals surface area contributed by atoms with Crippen molar-refractivity contribution in [3.8, 4) is 0 Å². The highest BCUT2D eigenvalue weighted by Crippen LogP contribution is 2.33. The summed E-state index contributed by atoms with van der Waals surface area (Å²) in [5.74, 6) is -0.887. The first-order valence-electron chi connectivity index (χ1n) is 15.5. The van der Waals surface area contributed by atoms with Gasteiger partial charge in [0, 0.05) is 49.7 Å². The molecule has 262 valence electrons. The van der Waals surface area contributed by atoms with Gasteiger partial charge in [0.25, 0.3) is 0 Å². The Bertz CT molecular complexity index is 1530. The highest BCUT2D eigenvalue weighted by Gasteiger charge is 2.44. The van der Waals surface area contributed by atoms with Crippen LogP contribution in [0.5, 0.6) is 0 Å². The highest BCUT2D eigenvalue weighted by atomic mass is 32.2. The van der Waals surface area contributed by atoms with E-state index in [1.54, 1.807) is 16.8 Å². The van der Waals surface area contributed by atoms with Gasteiger partial charge in [-0.3, -0.25) is 19.0 Å². The van der Waals surface area contributed by atoms with Crippen molar-refractivity contribution in [2.75, 3.05) is 35.2 Å². The van der Waals surface area contributed by atoms with Crippen LogP contribution in [0.4, 0.5) is 24.7 Å².